The Balaban J connectivity index is 2.37. The molecule has 3 N–H and O–H groups in total. The third-order valence-electron chi connectivity index (χ3n) is 2.23. The summed E-state index contributed by atoms with van der Waals surface area (Å²) in [6.45, 7) is 0. The third-order valence-corrected chi connectivity index (χ3v) is 4.03. The van der Waals surface area contributed by atoms with E-state index >= 15 is 0 Å². The van der Waals surface area contributed by atoms with Crippen LogP contribution in [0, 0.1) is 0 Å². The van der Waals surface area contributed by atoms with Crippen molar-refractivity contribution in [2.45, 2.75) is 11.4 Å². The van der Waals surface area contributed by atoms with E-state index in [1.807, 2.05) is 0 Å². The molecule has 0 saturated carbocycles. The Bertz CT molecular complexity index is 357. The zero-order valence-corrected chi connectivity index (χ0v) is 8.60. The van der Waals surface area contributed by atoms with Crippen molar-refractivity contribution in [3.63, 3.8) is 0 Å². The summed E-state index contributed by atoms with van der Waals surface area (Å²) in [7, 11) is 0. The summed E-state index contributed by atoms with van der Waals surface area (Å²) in [6, 6.07) is -0.376. The number of thioether (sulfide) groups is 1. The molecule has 1 fully saturated rings. The lowest BCUT2D eigenvalue weighted by atomic mass is 10.1. The molecular formula is C7H7ClN2O3S. The minimum Gasteiger partial charge on any atom is -0.543 e. The molecule has 1 saturated heterocycles. The molecule has 0 spiro atoms. The van der Waals surface area contributed by atoms with Gasteiger partial charge >= 0.3 is 0 Å². The second-order valence-electron chi connectivity index (χ2n) is 3.06. The van der Waals surface area contributed by atoms with Crippen LogP contribution >= 0.6 is 23.4 Å². The number of rotatable bonds is 1. The normalized spacial score (nSPS) is 31.3. The van der Waals surface area contributed by atoms with E-state index in [2.05, 4.69) is 5.73 Å². The fraction of sp³-hybridized carbons (Fsp3) is 0.429. The molecule has 76 valence electrons. The molecule has 2 atom stereocenters. The average Bonchev–Trinajstić information content (AvgIpc) is 2.15. The topological polar surface area (TPSA) is 88.1 Å². The number of fused-ring (bicyclic) bond motifs is 1. The van der Waals surface area contributed by atoms with Gasteiger partial charge in [0.2, 0.25) is 0 Å². The Hall–Kier alpha value is -0.720. The van der Waals surface area contributed by atoms with Crippen LogP contribution in [0.3, 0.4) is 0 Å². The molecule has 0 aliphatic carbocycles. The number of β-lactam (4-membered cyclic amide) rings is 1. The molecule has 1 unspecified atom stereocenters. The van der Waals surface area contributed by atoms with Crippen LogP contribution < -0.4 is 10.8 Å². The molecule has 0 bridgehead atoms. The number of carbonyl (C=O) groups is 2. The molecule has 5 nitrogen and oxygen atoms in total. The van der Waals surface area contributed by atoms with Crippen molar-refractivity contribution in [2.75, 3.05) is 5.75 Å². The lowest BCUT2D eigenvalue weighted by molar-refractivity contribution is -0.424. The smallest absolute Gasteiger partial charge is 0.289 e. The van der Waals surface area contributed by atoms with Crippen LogP contribution in [0.4, 0.5) is 0 Å². The van der Waals surface area contributed by atoms with Gasteiger partial charge in [-0.1, -0.05) is 11.6 Å². The lowest BCUT2D eigenvalue weighted by Crippen LogP contribution is -2.83. The van der Waals surface area contributed by atoms with E-state index in [1.54, 1.807) is 0 Å². The number of quaternary nitrogens is 1. The molecule has 0 aromatic rings. The molecule has 0 radical (unpaired) electrons. The summed E-state index contributed by atoms with van der Waals surface area (Å²) in [5.74, 6) is -1.31. The number of halogens is 1. The minimum absolute atomic E-state index is 0.159. The zero-order valence-electron chi connectivity index (χ0n) is 7.03. The summed E-state index contributed by atoms with van der Waals surface area (Å²) in [5.41, 5.74) is 3.44. The van der Waals surface area contributed by atoms with E-state index in [-0.39, 0.29) is 28.1 Å². The van der Waals surface area contributed by atoms with Crippen LogP contribution in [-0.2, 0) is 9.59 Å². The Labute approximate surface area is 88.9 Å². The first-order valence-corrected chi connectivity index (χ1v) is 5.34. The molecule has 7 heteroatoms. The maximum absolute atomic E-state index is 11.3. The molecule has 2 aliphatic heterocycles. The molecule has 0 aromatic carbocycles. The number of amides is 1. The van der Waals surface area contributed by atoms with Gasteiger partial charge in [0, 0.05) is 5.75 Å². The third kappa shape index (κ3) is 1.14. The highest BCUT2D eigenvalue weighted by atomic mass is 35.5. The molecule has 1 amide bonds. The van der Waals surface area contributed by atoms with Crippen LogP contribution in [0.15, 0.2) is 10.7 Å². The van der Waals surface area contributed by atoms with E-state index in [1.165, 1.54) is 11.8 Å². The Morgan fingerprint density at radius 1 is 1.71 bits per heavy atom. The van der Waals surface area contributed by atoms with Gasteiger partial charge in [0.25, 0.3) is 5.91 Å². The first-order chi connectivity index (χ1) is 6.54. The van der Waals surface area contributed by atoms with Gasteiger partial charge in [-0.2, -0.15) is 0 Å². The summed E-state index contributed by atoms with van der Waals surface area (Å²) >= 11 is 7.12. The van der Waals surface area contributed by atoms with Crippen LogP contribution in [-0.4, -0.2) is 33.9 Å². The van der Waals surface area contributed by atoms with Gasteiger partial charge in [0.15, 0.2) is 6.04 Å². The first kappa shape index (κ1) is 9.82. The monoisotopic (exact) mass is 234 g/mol. The van der Waals surface area contributed by atoms with Crippen molar-refractivity contribution in [3.05, 3.63) is 10.7 Å². The van der Waals surface area contributed by atoms with Gasteiger partial charge in [0.05, 0.1) is 16.7 Å². The molecule has 2 heterocycles. The molecular weight excluding hydrogens is 228 g/mol. The van der Waals surface area contributed by atoms with E-state index in [0.29, 0.717) is 5.75 Å². The van der Waals surface area contributed by atoms with Crippen molar-refractivity contribution in [1.29, 1.82) is 0 Å². The number of carbonyl (C=O) groups excluding carboxylic acids is 2. The SMILES string of the molecule is [NH3+][C@@H]1C(=O)N2C(C(=O)[O-])=C(Cl)CSC12. The van der Waals surface area contributed by atoms with Gasteiger partial charge in [-0.3, -0.25) is 9.69 Å². The van der Waals surface area contributed by atoms with Gasteiger partial charge in [-0.25, -0.2) is 0 Å². The maximum Gasteiger partial charge on any atom is 0.289 e. The van der Waals surface area contributed by atoms with Crippen LogP contribution in [0.25, 0.3) is 0 Å². The summed E-state index contributed by atoms with van der Waals surface area (Å²) in [4.78, 5) is 23.2. The quantitative estimate of drug-likeness (QED) is 0.518. The first-order valence-electron chi connectivity index (χ1n) is 3.91. The predicted molar refractivity (Wildman–Crippen MR) is 47.7 cm³/mol. The number of nitrogens with zero attached hydrogens (tertiary/aromatic N) is 1. The van der Waals surface area contributed by atoms with Gasteiger partial charge < -0.3 is 15.6 Å². The average molecular weight is 235 g/mol. The second-order valence-corrected chi connectivity index (χ2v) is 4.62. The Kier molecular flexibility index (Phi) is 2.21. The maximum atomic E-state index is 11.3. The van der Waals surface area contributed by atoms with E-state index in [4.69, 9.17) is 11.6 Å². The number of carboxylic acids is 1. The molecule has 2 rings (SSSR count). The highest BCUT2D eigenvalue weighted by Crippen LogP contribution is 2.39. The largest absolute Gasteiger partial charge is 0.543 e. The Morgan fingerprint density at radius 3 is 2.93 bits per heavy atom. The molecule has 2 aliphatic rings. The highest BCUT2D eigenvalue weighted by molar-refractivity contribution is 8.00. The van der Waals surface area contributed by atoms with E-state index < -0.39 is 5.97 Å². The Morgan fingerprint density at radius 2 is 2.36 bits per heavy atom. The minimum atomic E-state index is -1.40. The van der Waals surface area contributed by atoms with Crippen molar-refractivity contribution < 1.29 is 20.4 Å². The fourth-order valence-corrected chi connectivity index (χ4v) is 3.04. The number of hydrogen-bond acceptors (Lipinski definition) is 4. The van der Waals surface area contributed by atoms with Crippen molar-refractivity contribution in [1.82, 2.24) is 4.90 Å². The number of carboxylic acid groups (broad SMARTS) is 1. The van der Waals surface area contributed by atoms with Crippen LogP contribution in [0.1, 0.15) is 0 Å². The highest BCUT2D eigenvalue weighted by Gasteiger charge is 2.53. The summed E-state index contributed by atoms with van der Waals surface area (Å²) in [5, 5.41) is 10.7. The van der Waals surface area contributed by atoms with Gasteiger partial charge in [-0.05, 0) is 0 Å². The summed E-state index contributed by atoms with van der Waals surface area (Å²) in [6.07, 6.45) is 0. The zero-order chi connectivity index (χ0) is 10.5. The lowest BCUT2D eigenvalue weighted by Gasteiger charge is -2.46. The van der Waals surface area contributed by atoms with Crippen molar-refractivity contribution >= 4 is 35.2 Å². The second kappa shape index (κ2) is 3.15. The number of aliphatic carboxylic acids is 1. The van der Waals surface area contributed by atoms with Crippen molar-refractivity contribution in [3.8, 4) is 0 Å². The van der Waals surface area contributed by atoms with E-state index in [0.717, 1.165) is 4.90 Å². The predicted octanol–water partition coefficient (Wildman–Crippen LogP) is -2.29. The van der Waals surface area contributed by atoms with Crippen molar-refractivity contribution in [2.24, 2.45) is 0 Å². The number of hydrogen-bond donors (Lipinski definition) is 1. The fourth-order valence-electron chi connectivity index (χ4n) is 1.52. The summed E-state index contributed by atoms with van der Waals surface area (Å²) < 4.78 is 0. The van der Waals surface area contributed by atoms with Crippen LogP contribution in [0.2, 0.25) is 0 Å². The molecule has 14 heavy (non-hydrogen) atoms. The van der Waals surface area contributed by atoms with Crippen LogP contribution in [0.5, 0.6) is 0 Å². The van der Waals surface area contributed by atoms with Gasteiger partial charge in [0.1, 0.15) is 5.37 Å². The molecule has 0 aromatic heterocycles. The van der Waals surface area contributed by atoms with Gasteiger partial charge in [-0.15, -0.1) is 11.8 Å². The standard InChI is InChI=1S/C7H7ClN2O3S/c8-2-1-14-6-3(9)5(11)10(6)4(2)7(12)13/h3,6H,1,9H2,(H,12,13)/t3-,6?/m1/s1. The van der Waals surface area contributed by atoms with E-state index in [9.17, 15) is 14.7 Å².